The molecule has 1 unspecified atom stereocenters. The van der Waals surface area contributed by atoms with Crippen LogP contribution in [-0.4, -0.2) is 64.8 Å². The molecule has 1 aliphatic rings. The Morgan fingerprint density at radius 2 is 1.94 bits per heavy atom. The number of aliphatic carboxylic acids is 1. The highest BCUT2D eigenvalue weighted by Gasteiger charge is 2.27. The molecular formula is C11H20N2O4. The Kier molecular flexibility index (Phi) is 4.74. The maximum atomic E-state index is 11.8. The van der Waals surface area contributed by atoms with E-state index < -0.39 is 5.97 Å². The van der Waals surface area contributed by atoms with Gasteiger partial charge in [0.15, 0.2) is 0 Å². The lowest BCUT2D eigenvalue weighted by molar-refractivity contribution is -0.137. The average molecular weight is 244 g/mol. The smallest absolute Gasteiger partial charge is 0.323 e. The van der Waals surface area contributed by atoms with Gasteiger partial charge in [-0.1, -0.05) is 0 Å². The van der Waals surface area contributed by atoms with Gasteiger partial charge in [0.1, 0.15) is 6.54 Å². The highest BCUT2D eigenvalue weighted by molar-refractivity contribution is 5.79. The number of aliphatic hydroxyl groups excluding tert-OH is 1. The summed E-state index contributed by atoms with van der Waals surface area (Å²) in [6, 6.07) is -0.253. The highest BCUT2D eigenvalue weighted by Crippen LogP contribution is 2.21. The van der Waals surface area contributed by atoms with E-state index in [2.05, 4.69) is 0 Å². The summed E-state index contributed by atoms with van der Waals surface area (Å²) in [7, 11) is 1.48. The Morgan fingerprint density at radius 1 is 1.41 bits per heavy atom. The van der Waals surface area contributed by atoms with Crippen molar-refractivity contribution < 1.29 is 19.8 Å². The molecule has 17 heavy (non-hydrogen) atoms. The van der Waals surface area contributed by atoms with E-state index in [1.807, 2.05) is 0 Å². The fourth-order valence-corrected chi connectivity index (χ4v) is 2.09. The van der Waals surface area contributed by atoms with Crippen LogP contribution in [0.25, 0.3) is 0 Å². The maximum Gasteiger partial charge on any atom is 0.323 e. The number of rotatable bonds is 3. The number of likely N-dealkylation sites (N-methyl/N-ethyl adjacent to an activating group) is 1. The van der Waals surface area contributed by atoms with Gasteiger partial charge in [-0.15, -0.1) is 0 Å². The number of piperidine rings is 1. The van der Waals surface area contributed by atoms with Gasteiger partial charge in [-0.25, -0.2) is 4.79 Å². The summed E-state index contributed by atoms with van der Waals surface area (Å²) in [6.45, 7) is 2.64. The third-order valence-electron chi connectivity index (χ3n) is 3.19. The predicted octanol–water partition coefficient (Wildman–Crippen LogP) is 0.216. The summed E-state index contributed by atoms with van der Waals surface area (Å²) in [5.74, 6) is -0.774. The predicted molar refractivity (Wildman–Crippen MR) is 61.6 cm³/mol. The maximum absolute atomic E-state index is 11.8. The molecule has 0 aromatic carbocycles. The van der Waals surface area contributed by atoms with Crippen molar-refractivity contribution in [2.75, 3.05) is 26.7 Å². The summed E-state index contributed by atoms with van der Waals surface area (Å²) in [4.78, 5) is 25.2. The molecule has 2 N–H and O–H groups in total. The van der Waals surface area contributed by atoms with E-state index in [1.54, 1.807) is 11.8 Å². The zero-order valence-corrected chi connectivity index (χ0v) is 10.3. The van der Waals surface area contributed by atoms with Gasteiger partial charge < -0.3 is 20.0 Å². The Bertz CT molecular complexity index is 285. The van der Waals surface area contributed by atoms with Gasteiger partial charge in [0.25, 0.3) is 0 Å². The second kappa shape index (κ2) is 5.86. The summed E-state index contributed by atoms with van der Waals surface area (Å²) >= 11 is 0. The minimum Gasteiger partial charge on any atom is -0.480 e. The van der Waals surface area contributed by atoms with Gasteiger partial charge in [-0.2, -0.15) is 0 Å². The van der Waals surface area contributed by atoms with E-state index in [0.29, 0.717) is 13.1 Å². The van der Waals surface area contributed by atoms with Crippen LogP contribution in [0.5, 0.6) is 0 Å². The number of amides is 2. The molecule has 0 aromatic heterocycles. The van der Waals surface area contributed by atoms with Crippen molar-refractivity contribution in [3.63, 3.8) is 0 Å². The molecule has 0 aromatic rings. The molecule has 0 spiro atoms. The summed E-state index contributed by atoms with van der Waals surface area (Å²) < 4.78 is 0. The minimum absolute atomic E-state index is 0.240. The van der Waals surface area contributed by atoms with E-state index in [-0.39, 0.29) is 24.6 Å². The fraction of sp³-hybridized carbons (Fsp3) is 0.818. The minimum atomic E-state index is -1.01. The van der Waals surface area contributed by atoms with Crippen molar-refractivity contribution in [2.45, 2.75) is 25.9 Å². The number of nitrogens with zero attached hydrogens (tertiary/aromatic N) is 2. The highest BCUT2D eigenvalue weighted by atomic mass is 16.4. The lowest BCUT2D eigenvalue weighted by atomic mass is 9.92. The van der Waals surface area contributed by atoms with E-state index in [1.165, 1.54) is 11.9 Å². The van der Waals surface area contributed by atoms with Crippen LogP contribution in [0.15, 0.2) is 0 Å². The molecule has 0 bridgehead atoms. The van der Waals surface area contributed by atoms with Gasteiger partial charge in [0, 0.05) is 20.1 Å². The van der Waals surface area contributed by atoms with Gasteiger partial charge >= 0.3 is 12.0 Å². The molecule has 1 fully saturated rings. The molecule has 6 nitrogen and oxygen atoms in total. The summed E-state index contributed by atoms with van der Waals surface area (Å²) in [5.41, 5.74) is 0. The number of carboxylic acid groups (broad SMARTS) is 1. The molecule has 0 saturated carbocycles. The Labute approximate surface area is 101 Å². The molecule has 1 atom stereocenters. The summed E-state index contributed by atoms with van der Waals surface area (Å²) in [6.07, 6.45) is 1.19. The zero-order chi connectivity index (χ0) is 13.0. The first kappa shape index (κ1) is 13.8. The van der Waals surface area contributed by atoms with Crippen LogP contribution in [0.2, 0.25) is 0 Å². The molecule has 6 heteroatoms. The van der Waals surface area contributed by atoms with Crippen LogP contribution in [0.4, 0.5) is 4.79 Å². The second-order valence-electron chi connectivity index (χ2n) is 4.60. The number of hydrogen-bond acceptors (Lipinski definition) is 3. The van der Waals surface area contributed by atoms with Crippen LogP contribution >= 0.6 is 0 Å². The van der Waals surface area contributed by atoms with E-state index in [0.717, 1.165) is 12.8 Å². The van der Waals surface area contributed by atoms with E-state index >= 15 is 0 Å². The number of likely N-dealkylation sites (tertiary alicyclic amines) is 1. The third-order valence-corrected chi connectivity index (χ3v) is 3.19. The third kappa shape index (κ3) is 3.89. The molecule has 1 rings (SSSR count). The molecule has 1 heterocycles. The monoisotopic (exact) mass is 244 g/mol. The van der Waals surface area contributed by atoms with Crippen molar-refractivity contribution >= 4 is 12.0 Å². The number of carbonyl (C=O) groups excluding carboxylic acids is 1. The molecule has 98 valence electrons. The van der Waals surface area contributed by atoms with Crippen molar-refractivity contribution in [1.29, 1.82) is 0 Å². The first-order valence-electron chi connectivity index (χ1n) is 5.81. The topological polar surface area (TPSA) is 81.1 Å². The van der Waals surface area contributed by atoms with Gasteiger partial charge in [-0.3, -0.25) is 4.79 Å². The average Bonchev–Trinajstić information content (AvgIpc) is 2.27. The molecule has 1 saturated heterocycles. The van der Waals surface area contributed by atoms with Gasteiger partial charge in [0.2, 0.25) is 0 Å². The van der Waals surface area contributed by atoms with Crippen molar-refractivity contribution in [1.82, 2.24) is 9.80 Å². The van der Waals surface area contributed by atoms with Crippen LogP contribution in [-0.2, 0) is 4.79 Å². The number of carboxylic acids is 1. The van der Waals surface area contributed by atoms with Gasteiger partial charge in [0.05, 0.1) is 6.10 Å². The first-order valence-corrected chi connectivity index (χ1v) is 5.81. The zero-order valence-electron chi connectivity index (χ0n) is 10.3. The second-order valence-corrected chi connectivity index (χ2v) is 4.60. The van der Waals surface area contributed by atoms with Crippen LogP contribution in [0.3, 0.4) is 0 Å². The Balaban J connectivity index is 2.43. The van der Waals surface area contributed by atoms with Crippen LogP contribution in [0.1, 0.15) is 19.8 Å². The number of aliphatic hydroxyl groups is 1. The quantitative estimate of drug-likeness (QED) is 0.744. The fourth-order valence-electron chi connectivity index (χ4n) is 2.09. The largest absolute Gasteiger partial charge is 0.480 e. The first-order chi connectivity index (χ1) is 7.91. The van der Waals surface area contributed by atoms with Crippen LogP contribution in [0, 0.1) is 5.92 Å². The van der Waals surface area contributed by atoms with Crippen molar-refractivity contribution in [3.8, 4) is 0 Å². The van der Waals surface area contributed by atoms with Crippen molar-refractivity contribution in [2.24, 2.45) is 5.92 Å². The normalized spacial score (nSPS) is 18.9. The van der Waals surface area contributed by atoms with Crippen LogP contribution < -0.4 is 0 Å². The number of hydrogen-bond donors (Lipinski definition) is 2. The molecule has 2 amide bonds. The number of urea groups is 1. The SMILES string of the molecule is CC(O)C1CCN(C(=O)N(C)CC(=O)O)CC1. The lowest BCUT2D eigenvalue weighted by Gasteiger charge is -2.35. The molecule has 0 radical (unpaired) electrons. The van der Waals surface area contributed by atoms with E-state index in [4.69, 9.17) is 5.11 Å². The van der Waals surface area contributed by atoms with Crippen molar-refractivity contribution in [3.05, 3.63) is 0 Å². The van der Waals surface area contributed by atoms with Gasteiger partial charge in [-0.05, 0) is 25.7 Å². The molecule has 0 aliphatic carbocycles. The molecule has 1 aliphatic heterocycles. The summed E-state index contributed by atoms with van der Waals surface area (Å²) in [5, 5.41) is 18.0. The Hall–Kier alpha value is -1.30. The molecular weight excluding hydrogens is 224 g/mol. The number of carbonyl (C=O) groups is 2. The Morgan fingerprint density at radius 3 is 2.35 bits per heavy atom. The standard InChI is InChI=1S/C11H20N2O4/c1-8(14)9-3-5-13(6-4-9)11(17)12(2)7-10(15)16/h8-9,14H,3-7H2,1-2H3,(H,15,16). The lowest BCUT2D eigenvalue weighted by Crippen LogP contribution is -2.47. The van der Waals surface area contributed by atoms with E-state index in [9.17, 15) is 14.7 Å².